The minimum absolute atomic E-state index is 0.0442. The molecule has 0 atom stereocenters. The maximum absolute atomic E-state index is 11.3. The summed E-state index contributed by atoms with van der Waals surface area (Å²) >= 11 is 1.03. The molecule has 0 spiro atoms. The first-order valence-corrected chi connectivity index (χ1v) is 6.56. The van der Waals surface area contributed by atoms with Crippen molar-refractivity contribution in [2.75, 3.05) is 12.3 Å². The Morgan fingerprint density at radius 2 is 1.94 bits per heavy atom. The number of thioether (sulfide) groups is 1. The second-order valence-electron chi connectivity index (χ2n) is 3.64. The van der Waals surface area contributed by atoms with Crippen molar-refractivity contribution in [3.8, 4) is 0 Å². The first kappa shape index (κ1) is 16.0. The number of esters is 1. The van der Waals surface area contributed by atoms with Gasteiger partial charge in [-0.25, -0.2) is 0 Å². The van der Waals surface area contributed by atoms with Crippen LogP contribution in [-0.2, 0) is 19.1 Å². The van der Waals surface area contributed by atoms with Crippen LogP contribution in [0.5, 0.6) is 0 Å². The van der Waals surface area contributed by atoms with Crippen molar-refractivity contribution < 1.29 is 19.1 Å². The summed E-state index contributed by atoms with van der Waals surface area (Å²) in [6.07, 6.45) is 0.00770. The fourth-order valence-corrected chi connectivity index (χ4v) is 1.61. The summed E-state index contributed by atoms with van der Waals surface area (Å²) in [5.41, 5.74) is 0. The lowest BCUT2D eigenvalue weighted by molar-refractivity contribution is -0.148. The highest BCUT2D eigenvalue weighted by Crippen LogP contribution is 2.06. The maximum Gasteiger partial charge on any atom is 0.314 e. The van der Waals surface area contributed by atoms with Crippen LogP contribution in [-0.4, -0.2) is 35.4 Å². The summed E-state index contributed by atoms with van der Waals surface area (Å²) in [4.78, 5) is 33.3. The van der Waals surface area contributed by atoms with Crippen LogP contribution in [0.4, 0.5) is 0 Å². The van der Waals surface area contributed by atoms with E-state index < -0.39 is 5.97 Å². The number of carbonyl (C=O) groups excluding carboxylic acids is 3. The lowest BCUT2D eigenvalue weighted by atomic mass is 10.4. The number of rotatable bonds is 7. The van der Waals surface area contributed by atoms with Gasteiger partial charge in [-0.05, 0) is 13.8 Å². The fourth-order valence-electron chi connectivity index (χ4n) is 0.954. The zero-order chi connectivity index (χ0) is 13.3. The van der Waals surface area contributed by atoms with Crippen molar-refractivity contribution in [3.63, 3.8) is 0 Å². The smallest absolute Gasteiger partial charge is 0.314 e. The Kier molecular flexibility index (Phi) is 8.49. The highest BCUT2D eigenvalue weighted by molar-refractivity contribution is 8.13. The topological polar surface area (TPSA) is 72.5 Å². The Hall–Kier alpha value is -1.04. The van der Waals surface area contributed by atoms with Gasteiger partial charge >= 0.3 is 5.97 Å². The first-order chi connectivity index (χ1) is 7.95. The number of ether oxygens (including phenoxy) is 1. The van der Waals surface area contributed by atoms with Crippen LogP contribution < -0.4 is 5.32 Å². The lowest BCUT2D eigenvalue weighted by Gasteiger charge is -2.07. The highest BCUT2D eigenvalue weighted by Gasteiger charge is 2.12. The summed E-state index contributed by atoms with van der Waals surface area (Å²) in [5, 5.41) is 2.41. The van der Waals surface area contributed by atoms with Crippen molar-refractivity contribution in [1.29, 1.82) is 0 Å². The Morgan fingerprint density at radius 3 is 2.47 bits per heavy atom. The molecule has 0 aromatic carbocycles. The monoisotopic (exact) mass is 261 g/mol. The van der Waals surface area contributed by atoms with Gasteiger partial charge in [0.1, 0.15) is 6.42 Å². The average molecular weight is 261 g/mol. The molecule has 0 aliphatic rings. The molecule has 0 saturated carbocycles. The summed E-state index contributed by atoms with van der Waals surface area (Å²) in [6.45, 7) is 5.66. The van der Waals surface area contributed by atoms with Gasteiger partial charge in [0.15, 0.2) is 5.12 Å². The van der Waals surface area contributed by atoms with Gasteiger partial charge < -0.3 is 10.1 Å². The van der Waals surface area contributed by atoms with E-state index in [9.17, 15) is 14.4 Å². The molecule has 0 aliphatic heterocycles. The van der Waals surface area contributed by atoms with Crippen LogP contribution in [0.2, 0.25) is 0 Å². The molecular weight excluding hydrogens is 242 g/mol. The minimum Gasteiger partial charge on any atom is -0.463 e. The molecule has 0 aliphatic carbocycles. The van der Waals surface area contributed by atoms with Gasteiger partial charge in [0.2, 0.25) is 5.91 Å². The predicted octanol–water partition coefficient (Wildman–Crippen LogP) is 1.11. The highest BCUT2D eigenvalue weighted by atomic mass is 32.2. The predicted molar refractivity (Wildman–Crippen MR) is 66.6 cm³/mol. The third-order valence-corrected chi connectivity index (χ3v) is 2.54. The van der Waals surface area contributed by atoms with Crippen LogP contribution in [0.25, 0.3) is 0 Å². The SMILES string of the molecule is CCC(=O)NCCSC(=O)CC(=O)OC(C)C. The average Bonchev–Trinajstić information content (AvgIpc) is 2.22. The fraction of sp³-hybridized carbons (Fsp3) is 0.727. The van der Waals surface area contributed by atoms with E-state index in [0.717, 1.165) is 11.8 Å². The third kappa shape index (κ3) is 9.86. The standard InChI is InChI=1S/C11H19NO4S/c1-4-9(13)12-5-6-17-11(15)7-10(14)16-8(2)3/h8H,4-7H2,1-3H3,(H,12,13). The summed E-state index contributed by atoms with van der Waals surface area (Å²) in [7, 11) is 0. The molecule has 6 heteroatoms. The van der Waals surface area contributed by atoms with Crippen molar-refractivity contribution in [2.45, 2.75) is 39.7 Å². The molecule has 0 saturated heterocycles. The third-order valence-electron chi connectivity index (χ3n) is 1.66. The Labute approximate surface area is 106 Å². The number of hydrogen-bond donors (Lipinski definition) is 1. The quantitative estimate of drug-likeness (QED) is 0.422. The van der Waals surface area contributed by atoms with Crippen LogP contribution in [0, 0.1) is 0 Å². The first-order valence-electron chi connectivity index (χ1n) is 5.57. The second kappa shape index (κ2) is 9.04. The summed E-state index contributed by atoms with van der Waals surface area (Å²) in [5.74, 6) is -0.0770. The van der Waals surface area contributed by atoms with Gasteiger partial charge in [0, 0.05) is 18.7 Å². The normalized spacial score (nSPS) is 10.1. The molecule has 0 unspecified atom stereocenters. The van der Waals surface area contributed by atoms with Crippen LogP contribution in [0.15, 0.2) is 0 Å². The Morgan fingerprint density at radius 1 is 1.29 bits per heavy atom. The molecule has 0 rings (SSSR count). The number of carbonyl (C=O) groups is 3. The van der Waals surface area contributed by atoms with E-state index in [4.69, 9.17) is 4.74 Å². The van der Waals surface area contributed by atoms with Crippen molar-refractivity contribution in [1.82, 2.24) is 5.32 Å². The molecule has 0 aromatic heterocycles. The van der Waals surface area contributed by atoms with Crippen LogP contribution >= 0.6 is 11.8 Å². The minimum atomic E-state index is -0.505. The van der Waals surface area contributed by atoms with Gasteiger partial charge in [-0.1, -0.05) is 18.7 Å². The molecular formula is C11H19NO4S. The van der Waals surface area contributed by atoms with Crippen molar-refractivity contribution in [3.05, 3.63) is 0 Å². The number of hydrogen-bond acceptors (Lipinski definition) is 5. The molecule has 1 N–H and O–H groups in total. The van der Waals surface area contributed by atoms with Gasteiger partial charge in [-0.15, -0.1) is 0 Å². The molecule has 0 radical (unpaired) electrons. The summed E-state index contributed by atoms with van der Waals surface area (Å²) < 4.78 is 4.84. The van der Waals surface area contributed by atoms with Gasteiger partial charge in [0.05, 0.1) is 6.10 Å². The van der Waals surface area contributed by atoms with Crippen LogP contribution in [0.3, 0.4) is 0 Å². The number of amides is 1. The van der Waals surface area contributed by atoms with E-state index in [2.05, 4.69) is 5.32 Å². The molecule has 98 valence electrons. The molecule has 1 amide bonds. The van der Waals surface area contributed by atoms with E-state index in [1.165, 1.54) is 0 Å². The zero-order valence-corrected chi connectivity index (χ0v) is 11.3. The molecule has 0 bridgehead atoms. The maximum atomic E-state index is 11.3. The Bertz CT molecular complexity index is 279. The summed E-state index contributed by atoms with van der Waals surface area (Å²) in [6, 6.07) is 0. The van der Waals surface area contributed by atoms with E-state index in [1.807, 2.05) is 0 Å². The zero-order valence-electron chi connectivity index (χ0n) is 10.4. The second-order valence-corrected chi connectivity index (χ2v) is 4.79. The van der Waals surface area contributed by atoms with Gasteiger partial charge in [-0.3, -0.25) is 14.4 Å². The van der Waals surface area contributed by atoms with Gasteiger partial charge in [0.25, 0.3) is 0 Å². The van der Waals surface area contributed by atoms with E-state index in [1.54, 1.807) is 20.8 Å². The van der Waals surface area contributed by atoms with Gasteiger partial charge in [-0.2, -0.15) is 0 Å². The van der Waals surface area contributed by atoms with E-state index in [0.29, 0.717) is 18.7 Å². The molecule has 5 nitrogen and oxygen atoms in total. The van der Waals surface area contributed by atoms with Crippen LogP contribution in [0.1, 0.15) is 33.6 Å². The lowest BCUT2D eigenvalue weighted by Crippen LogP contribution is -2.25. The largest absolute Gasteiger partial charge is 0.463 e. The van der Waals surface area contributed by atoms with E-state index in [-0.39, 0.29) is 23.5 Å². The molecule has 17 heavy (non-hydrogen) atoms. The number of nitrogens with one attached hydrogen (secondary N) is 1. The molecule has 0 aromatic rings. The van der Waals surface area contributed by atoms with Crippen molar-refractivity contribution in [2.24, 2.45) is 0 Å². The molecule has 0 heterocycles. The van der Waals surface area contributed by atoms with Crippen molar-refractivity contribution >= 4 is 28.8 Å². The Balaban J connectivity index is 3.59. The van der Waals surface area contributed by atoms with E-state index >= 15 is 0 Å². The molecule has 0 fully saturated rings.